The monoisotopic (exact) mass is 634 g/mol. The highest BCUT2D eigenvalue weighted by Gasteiger charge is 2.27. The highest BCUT2D eigenvalue weighted by atomic mass is 32.4. The molecule has 10 aromatic rings. The normalized spacial score (nSPS) is 13.4. The molecule has 8 aromatic carbocycles. The quantitative estimate of drug-likeness (QED) is 0.142. The molecule has 10 rings (SSSR count). The van der Waals surface area contributed by atoms with E-state index in [9.17, 15) is 0 Å². The molecule has 0 fully saturated rings. The lowest BCUT2D eigenvalue weighted by Crippen LogP contribution is -2.25. The minimum Gasteiger partial charge on any atom is -0.292 e. The summed E-state index contributed by atoms with van der Waals surface area (Å²) in [4.78, 5) is 5.22. The van der Waals surface area contributed by atoms with E-state index in [0.29, 0.717) is 0 Å². The fourth-order valence-electron chi connectivity index (χ4n) is 7.50. The summed E-state index contributed by atoms with van der Waals surface area (Å²) >= 11 is 7.08. The van der Waals surface area contributed by atoms with Crippen LogP contribution in [0.15, 0.2) is 164 Å². The smallest absolute Gasteiger partial charge is 0.146 e. The molecule has 0 radical (unpaired) electrons. The lowest BCUT2D eigenvalue weighted by Gasteiger charge is -2.26. The van der Waals surface area contributed by atoms with Crippen molar-refractivity contribution in [1.29, 1.82) is 0 Å². The Morgan fingerprint density at radius 2 is 0.957 bits per heavy atom. The summed E-state index contributed by atoms with van der Waals surface area (Å²) in [6.45, 7) is 0. The molecule has 0 aliphatic carbocycles. The van der Waals surface area contributed by atoms with Crippen LogP contribution in [-0.4, -0.2) is 9.38 Å². The van der Waals surface area contributed by atoms with Crippen molar-refractivity contribution in [1.82, 2.24) is 9.38 Å². The molecule has 2 aromatic heterocycles. The first-order chi connectivity index (χ1) is 23.2. The Hall–Kier alpha value is -5.34. The van der Waals surface area contributed by atoms with Crippen LogP contribution < -0.4 is 15.9 Å². The van der Waals surface area contributed by atoms with Crippen LogP contribution in [0.2, 0.25) is 0 Å². The van der Waals surface area contributed by atoms with E-state index in [0.717, 1.165) is 27.6 Å². The van der Waals surface area contributed by atoms with Gasteiger partial charge in [-0.3, -0.25) is 4.40 Å². The Labute approximate surface area is 276 Å². The fourth-order valence-corrected chi connectivity index (χ4v) is 11.2. The standard InChI is InChI=1S/C43H27N2PS/c47-46(32-21-19-28-9-1-2-11-31(28)25-32,33-22-20-30-18-17-29-10-3-4-12-35(29)38(30)26-33)34-23-24-36-37-13-5-7-15-41(37)45-42-16-8-6-14-40(42)44-43(45)39(36)27-34/h1-27H. The summed E-state index contributed by atoms with van der Waals surface area (Å²) in [6, 6.07) is 56.8. The van der Waals surface area contributed by atoms with Gasteiger partial charge in [-0.1, -0.05) is 139 Å². The van der Waals surface area contributed by atoms with Gasteiger partial charge in [0.1, 0.15) is 5.65 Å². The summed E-state index contributed by atoms with van der Waals surface area (Å²) in [5.41, 5.74) is 4.23. The zero-order valence-electron chi connectivity index (χ0n) is 25.3. The minimum absolute atomic E-state index is 0.964. The molecule has 47 heavy (non-hydrogen) atoms. The summed E-state index contributed by atoms with van der Waals surface area (Å²) in [5.74, 6) is 0. The van der Waals surface area contributed by atoms with E-state index < -0.39 is 6.04 Å². The Bertz CT molecular complexity index is 2960. The van der Waals surface area contributed by atoms with E-state index in [2.05, 4.69) is 168 Å². The van der Waals surface area contributed by atoms with Crippen molar-refractivity contribution in [3.8, 4) is 0 Å². The van der Waals surface area contributed by atoms with Gasteiger partial charge >= 0.3 is 0 Å². The molecule has 220 valence electrons. The SMILES string of the molecule is S=P(c1ccc2ccccc2c1)(c1ccc2ccc3ccccc3c2c1)c1ccc2c3ccccc3n3c4ccccc4nc3c2c1. The molecular weight excluding hydrogens is 608 g/mol. The third-order valence-corrected chi connectivity index (χ3v) is 14.7. The topological polar surface area (TPSA) is 17.3 Å². The van der Waals surface area contributed by atoms with E-state index >= 15 is 0 Å². The van der Waals surface area contributed by atoms with Gasteiger partial charge < -0.3 is 0 Å². The van der Waals surface area contributed by atoms with Gasteiger partial charge in [0, 0.05) is 16.8 Å². The van der Waals surface area contributed by atoms with E-state index in [1.807, 2.05) is 0 Å². The van der Waals surface area contributed by atoms with Gasteiger partial charge in [0.25, 0.3) is 0 Å². The molecule has 2 heterocycles. The number of aromatic nitrogens is 2. The average Bonchev–Trinajstić information content (AvgIpc) is 3.54. The molecule has 0 bridgehead atoms. The van der Waals surface area contributed by atoms with Crippen LogP contribution in [-0.2, 0) is 11.8 Å². The molecule has 4 heteroatoms. The van der Waals surface area contributed by atoms with Crippen LogP contribution in [0.25, 0.3) is 70.7 Å². The number of fused-ring (bicyclic) bond motifs is 12. The van der Waals surface area contributed by atoms with Crippen molar-refractivity contribution >= 4 is 104 Å². The van der Waals surface area contributed by atoms with Gasteiger partial charge in [-0.2, -0.15) is 0 Å². The van der Waals surface area contributed by atoms with Gasteiger partial charge in [0.05, 0.1) is 16.6 Å². The average molecular weight is 635 g/mol. The van der Waals surface area contributed by atoms with Gasteiger partial charge in [-0.15, -0.1) is 0 Å². The molecule has 1 unspecified atom stereocenters. The second-order valence-electron chi connectivity index (χ2n) is 12.3. The fraction of sp³-hybridized carbons (Fsp3) is 0. The lowest BCUT2D eigenvalue weighted by molar-refractivity contribution is 1.32. The maximum atomic E-state index is 7.08. The second-order valence-corrected chi connectivity index (χ2v) is 16.8. The predicted octanol–water partition coefficient (Wildman–Crippen LogP) is 10.0. The van der Waals surface area contributed by atoms with Crippen molar-refractivity contribution in [2.75, 3.05) is 0 Å². The van der Waals surface area contributed by atoms with Crippen LogP contribution in [0.3, 0.4) is 0 Å². The van der Waals surface area contributed by atoms with Gasteiger partial charge in [-0.05, 0) is 90.0 Å². The van der Waals surface area contributed by atoms with E-state index in [4.69, 9.17) is 16.8 Å². The third kappa shape index (κ3) is 3.91. The number of rotatable bonds is 3. The molecule has 0 aliphatic rings. The number of hydrogen-bond donors (Lipinski definition) is 0. The third-order valence-electron chi connectivity index (χ3n) is 9.79. The minimum atomic E-state index is -2.54. The lowest BCUT2D eigenvalue weighted by atomic mass is 10.0. The first-order valence-electron chi connectivity index (χ1n) is 15.9. The zero-order chi connectivity index (χ0) is 31.1. The highest BCUT2D eigenvalue weighted by Crippen LogP contribution is 2.46. The number of hydrogen-bond acceptors (Lipinski definition) is 2. The van der Waals surface area contributed by atoms with Gasteiger partial charge in [0.15, 0.2) is 0 Å². The number of pyridine rings is 1. The van der Waals surface area contributed by atoms with Crippen molar-refractivity contribution < 1.29 is 0 Å². The number of para-hydroxylation sites is 3. The molecule has 1 atom stereocenters. The van der Waals surface area contributed by atoms with Gasteiger partial charge in [0.2, 0.25) is 0 Å². The maximum Gasteiger partial charge on any atom is 0.146 e. The summed E-state index contributed by atoms with van der Waals surface area (Å²) in [7, 11) is 0. The molecule has 0 spiro atoms. The van der Waals surface area contributed by atoms with Crippen molar-refractivity contribution in [3.63, 3.8) is 0 Å². The largest absolute Gasteiger partial charge is 0.292 e. The van der Waals surface area contributed by atoms with E-state index in [-0.39, 0.29) is 0 Å². The van der Waals surface area contributed by atoms with Crippen LogP contribution in [0, 0.1) is 0 Å². The molecule has 0 amide bonds. The predicted molar refractivity (Wildman–Crippen MR) is 206 cm³/mol. The maximum absolute atomic E-state index is 7.08. The van der Waals surface area contributed by atoms with Crippen molar-refractivity contribution in [3.05, 3.63) is 164 Å². The van der Waals surface area contributed by atoms with Crippen LogP contribution >= 0.6 is 6.04 Å². The van der Waals surface area contributed by atoms with Crippen molar-refractivity contribution in [2.24, 2.45) is 0 Å². The molecule has 2 nitrogen and oxygen atoms in total. The molecule has 0 saturated carbocycles. The second kappa shape index (κ2) is 10.1. The zero-order valence-corrected chi connectivity index (χ0v) is 27.0. The summed E-state index contributed by atoms with van der Waals surface area (Å²) in [5, 5.41) is 14.5. The number of benzene rings is 8. The Balaban J connectivity index is 1.32. The highest BCUT2D eigenvalue weighted by molar-refractivity contribution is 8.25. The Kier molecular flexibility index (Phi) is 5.75. The van der Waals surface area contributed by atoms with Gasteiger partial charge in [-0.25, -0.2) is 4.98 Å². The Morgan fingerprint density at radius 3 is 1.79 bits per heavy atom. The molecule has 0 saturated heterocycles. The van der Waals surface area contributed by atoms with E-state index in [1.54, 1.807) is 0 Å². The summed E-state index contributed by atoms with van der Waals surface area (Å²) < 4.78 is 2.32. The molecule has 0 N–H and O–H groups in total. The number of nitrogens with zero attached hydrogens (tertiary/aromatic N) is 2. The summed E-state index contributed by atoms with van der Waals surface area (Å²) in [6.07, 6.45) is 0. The van der Waals surface area contributed by atoms with Crippen LogP contribution in [0.1, 0.15) is 0 Å². The first-order valence-corrected chi connectivity index (χ1v) is 18.7. The number of imidazole rings is 1. The molecule has 0 aliphatic heterocycles. The van der Waals surface area contributed by atoms with E-state index in [1.165, 1.54) is 59.0 Å². The van der Waals surface area contributed by atoms with Crippen LogP contribution in [0.4, 0.5) is 0 Å². The van der Waals surface area contributed by atoms with Crippen molar-refractivity contribution in [2.45, 2.75) is 0 Å². The van der Waals surface area contributed by atoms with Crippen LogP contribution in [0.5, 0.6) is 0 Å². The Morgan fingerprint density at radius 1 is 0.404 bits per heavy atom. The molecular formula is C43H27N2PS. The first kappa shape index (κ1) is 26.8.